The van der Waals surface area contributed by atoms with E-state index in [1.54, 1.807) is 6.92 Å². The van der Waals surface area contributed by atoms with Gasteiger partial charge in [0, 0.05) is 12.7 Å². The Hall–Kier alpha value is -1.07. The Bertz CT molecular complexity index is 461. The lowest BCUT2D eigenvalue weighted by molar-refractivity contribution is 0.270. The molecule has 0 spiro atoms. The normalized spacial score (nSPS) is 10.6. The van der Waals surface area contributed by atoms with Crippen molar-refractivity contribution in [1.29, 1.82) is 0 Å². The second kappa shape index (κ2) is 3.98. The van der Waals surface area contributed by atoms with Crippen LogP contribution in [0.1, 0.15) is 5.69 Å². The van der Waals surface area contributed by atoms with Crippen molar-refractivity contribution < 1.29 is 5.11 Å². The lowest BCUT2D eigenvalue weighted by atomic mass is 10.4. The average molecular weight is 219 g/mol. The smallest absolute Gasteiger partial charge is 0.331 e. The highest BCUT2D eigenvalue weighted by atomic mass is 35.5. The lowest BCUT2D eigenvalue weighted by Gasteiger charge is -2.10. The summed E-state index contributed by atoms with van der Waals surface area (Å²) in [6.45, 7) is 1.54. The van der Waals surface area contributed by atoms with Gasteiger partial charge in [-0.15, -0.1) is 0 Å². The highest BCUT2D eigenvalue weighted by molar-refractivity contribution is 6.30. The van der Waals surface area contributed by atoms with Gasteiger partial charge in [-0.2, -0.15) is 0 Å². The van der Waals surface area contributed by atoms with Crippen LogP contribution in [0.2, 0.25) is 5.02 Å². The quantitative estimate of drug-likeness (QED) is 0.728. The van der Waals surface area contributed by atoms with Gasteiger partial charge in [0.1, 0.15) is 5.02 Å². The largest absolute Gasteiger partial charge is 0.395 e. The molecule has 0 amide bonds. The van der Waals surface area contributed by atoms with Gasteiger partial charge in [0.2, 0.25) is 0 Å². The van der Waals surface area contributed by atoms with E-state index in [4.69, 9.17) is 16.7 Å². The Kier molecular flexibility index (Phi) is 3.13. The monoisotopic (exact) mass is 218 g/mol. The van der Waals surface area contributed by atoms with Gasteiger partial charge in [0.05, 0.1) is 13.2 Å². The molecule has 1 aromatic heterocycles. The third-order valence-corrected chi connectivity index (χ3v) is 2.49. The number of rotatable bonds is 2. The zero-order chi connectivity index (χ0) is 10.9. The summed E-state index contributed by atoms with van der Waals surface area (Å²) in [5.74, 6) is 0. The Labute approximate surface area is 85.2 Å². The van der Waals surface area contributed by atoms with E-state index < -0.39 is 11.2 Å². The first-order valence-corrected chi connectivity index (χ1v) is 4.45. The lowest BCUT2D eigenvalue weighted by Crippen LogP contribution is -2.40. The Morgan fingerprint density at radius 1 is 1.43 bits per heavy atom. The Morgan fingerprint density at radius 3 is 2.50 bits per heavy atom. The van der Waals surface area contributed by atoms with Crippen LogP contribution in [-0.2, 0) is 13.6 Å². The van der Waals surface area contributed by atoms with E-state index in [-0.39, 0.29) is 18.2 Å². The summed E-state index contributed by atoms with van der Waals surface area (Å²) >= 11 is 5.72. The maximum atomic E-state index is 11.5. The molecule has 0 atom stereocenters. The molecule has 0 unspecified atom stereocenters. The molecule has 0 saturated heterocycles. The maximum absolute atomic E-state index is 11.5. The van der Waals surface area contributed by atoms with E-state index in [1.165, 1.54) is 11.6 Å². The molecule has 0 aliphatic heterocycles. The minimum Gasteiger partial charge on any atom is -0.395 e. The van der Waals surface area contributed by atoms with Gasteiger partial charge in [-0.25, -0.2) is 4.79 Å². The molecule has 0 aliphatic carbocycles. The first kappa shape index (κ1) is 11.0. The number of hydrogen-bond acceptors (Lipinski definition) is 3. The number of halogens is 1. The fourth-order valence-electron chi connectivity index (χ4n) is 1.20. The summed E-state index contributed by atoms with van der Waals surface area (Å²) in [6.07, 6.45) is 0. The first-order chi connectivity index (χ1) is 6.50. The zero-order valence-corrected chi connectivity index (χ0v) is 8.71. The molecule has 1 heterocycles. The number of aliphatic hydroxyl groups excluding tert-OH is 1. The molecule has 0 saturated carbocycles. The minimum absolute atomic E-state index is 0.0144. The van der Waals surface area contributed by atoms with Gasteiger partial charge < -0.3 is 5.11 Å². The second-order valence-electron chi connectivity index (χ2n) is 2.92. The van der Waals surface area contributed by atoms with E-state index in [0.717, 1.165) is 4.57 Å². The van der Waals surface area contributed by atoms with Crippen molar-refractivity contribution in [3.05, 3.63) is 31.6 Å². The predicted octanol–water partition coefficient (Wildman–Crippen LogP) is -0.499. The molecule has 0 aromatic carbocycles. The highest BCUT2D eigenvalue weighted by Crippen LogP contribution is 2.05. The van der Waals surface area contributed by atoms with Crippen LogP contribution in [0.25, 0.3) is 0 Å². The predicted molar refractivity (Wildman–Crippen MR) is 52.8 cm³/mol. The van der Waals surface area contributed by atoms with Crippen LogP contribution >= 0.6 is 11.6 Å². The Balaban J connectivity index is 3.60. The van der Waals surface area contributed by atoms with Crippen LogP contribution in [0.3, 0.4) is 0 Å². The average Bonchev–Trinajstić information content (AvgIpc) is 2.19. The van der Waals surface area contributed by atoms with Gasteiger partial charge in [-0.1, -0.05) is 11.6 Å². The summed E-state index contributed by atoms with van der Waals surface area (Å²) in [4.78, 5) is 22.8. The first-order valence-electron chi connectivity index (χ1n) is 4.07. The summed E-state index contributed by atoms with van der Waals surface area (Å²) in [7, 11) is 1.35. The molecule has 0 aliphatic rings. The van der Waals surface area contributed by atoms with Crippen LogP contribution in [0.5, 0.6) is 0 Å². The molecule has 5 nitrogen and oxygen atoms in total. The summed E-state index contributed by atoms with van der Waals surface area (Å²) in [5, 5.41) is 8.74. The van der Waals surface area contributed by atoms with Crippen LogP contribution in [-0.4, -0.2) is 20.8 Å². The fraction of sp³-hybridized carbons (Fsp3) is 0.500. The van der Waals surface area contributed by atoms with Gasteiger partial charge in [-0.3, -0.25) is 13.9 Å². The molecule has 0 bridgehead atoms. The third kappa shape index (κ3) is 1.60. The van der Waals surface area contributed by atoms with E-state index in [9.17, 15) is 9.59 Å². The van der Waals surface area contributed by atoms with Crippen LogP contribution < -0.4 is 11.2 Å². The molecule has 78 valence electrons. The summed E-state index contributed by atoms with van der Waals surface area (Å²) in [6, 6.07) is 0. The molecular weight excluding hydrogens is 208 g/mol. The minimum atomic E-state index is -0.511. The third-order valence-electron chi connectivity index (χ3n) is 2.06. The SMILES string of the molecule is Cc1c(Cl)c(=O)n(C)c(=O)n1CCO. The van der Waals surface area contributed by atoms with Gasteiger partial charge >= 0.3 is 5.69 Å². The van der Waals surface area contributed by atoms with E-state index >= 15 is 0 Å². The zero-order valence-electron chi connectivity index (χ0n) is 7.95. The standard InChI is InChI=1S/C8H11ClN2O3/c1-5-6(9)7(13)10(2)8(14)11(5)3-4-12/h12H,3-4H2,1-2H3. The molecule has 1 rings (SSSR count). The van der Waals surface area contributed by atoms with Crippen molar-refractivity contribution in [1.82, 2.24) is 9.13 Å². The molecule has 0 radical (unpaired) electrons. The van der Waals surface area contributed by atoms with Crippen molar-refractivity contribution in [3.8, 4) is 0 Å². The fourth-order valence-corrected chi connectivity index (χ4v) is 1.42. The van der Waals surface area contributed by atoms with E-state index in [1.807, 2.05) is 0 Å². The molecule has 14 heavy (non-hydrogen) atoms. The van der Waals surface area contributed by atoms with Gasteiger partial charge in [0.15, 0.2) is 0 Å². The van der Waals surface area contributed by atoms with Crippen molar-refractivity contribution in [3.63, 3.8) is 0 Å². The summed E-state index contributed by atoms with van der Waals surface area (Å²) < 4.78 is 2.19. The Morgan fingerprint density at radius 2 is 2.00 bits per heavy atom. The van der Waals surface area contributed by atoms with Crippen molar-refractivity contribution in [2.45, 2.75) is 13.5 Å². The maximum Gasteiger partial charge on any atom is 0.331 e. The van der Waals surface area contributed by atoms with Crippen LogP contribution in [0.15, 0.2) is 9.59 Å². The number of hydrogen-bond donors (Lipinski definition) is 1. The topological polar surface area (TPSA) is 64.2 Å². The van der Waals surface area contributed by atoms with E-state index in [0.29, 0.717) is 5.69 Å². The molecular formula is C8H11ClN2O3. The van der Waals surface area contributed by atoms with Crippen molar-refractivity contribution in [2.75, 3.05) is 6.61 Å². The van der Waals surface area contributed by atoms with Gasteiger partial charge in [0.25, 0.3) is 5.56 Å². The molecule has 0 fully saturated rings. The van der Waals surface area contributed by atoms with Gasteiger partial charge in [-0.05, 0) is 6.92 Å². The van der Waals surface area contributed by atoms with Crippen LogP contribution in [0, 0.1) is 6.92 Å². The number of aliphatic hydroxyl groups is 1. The van der Waals surface area contributed by atoms with Crippen molar-refractivity contribution in [2.24, 2.45) is 7.05 Å². The van der Waals surface area contributed by atoms with Crippen LogP contribution in [0.4, 0.5) is 0 Å². The highest BCUT2D eigenvalue weighted by Gasteiger charge is 2.11. The number of aromatic nitrogens is 2. The van der Waals surface area contributed by atoms with Crippen molar-refractivity contribution >= 4 is 11.6 Å². The second-order valence-corrected chi connectivity index (χ2v) is 3.30. The number of nitrogens with zero attached hydrogens (tertiary/aromatic N) is 2. The molecule has 6 heteroatoms. The van der Waals surface area contributed by atoms with E-state index in [2.05, 4.69) is 0 Å². The molecule has 1 aromatic rings. The summed E-state index contributed by atoms with van der Waals surface area (Å²) in [5.41, 5.74) is -0.594. The molecule has 1 N–H and O–H groups in total.